The fourth-order valence-electron chi connectivity index (χ4n) is 2.48. The van der Waals surface area contributed by atoms with E-state index in [0.717, 1.165) is 11.3 Å². The van der Waals surface area contributed by atoms with Gasteiger partial charge in [0, 0.05) is 18.2 Å². The van der Waals surface area contributed by atoms with Crippen molar-refractivity contribution in [3.05, 3.63) is 48.0 Å². The number of carbonyl (C=O) groups excluding carboxylic acids is 2. The molecule has 2 aromatic carbocycles. The molecular weight excluding hydrogens is 376 g/mol. The van der Waals surface area contributed by atoms with Crippen molar-refractivity contribution in [1.82, 2.24) is 0 Å². The molecular formula is C19H17F2NO6. The quantitative estimate of drug-likeness (QED) is 0.728. The Kier molecular flexibility index (Phi) is 5.62. The number of aryl methyl sites for hydroxylation is 1. The number of hydrogen-bond donors (Lipinski definition) is 1. The summed E-state index contributed by atoms with van der Waals surface area (Å²) in [5.41, 5.74) is 1.14. The number of fused-ring (bicyclic) bond motifs is 1. The van der Waals surface area contributed by atoms with Gasteiger partial charge in [0.1, 0.15) is 5.75 Å². The Morgan fingerprint density at radius 3 is 2.50 bits per heavy atom. The molecule has 7 nitrogen and oxygen atoms in total. The van der Waals surface area contributed by atoms with Crippen LogP contribution in [0.5, 0.6) is 17.2 Å². The smallest absolute Gasteiger partial charge is 0.497 e. The predicted octanol–water partition coefficient (Wildman–Crippen LogP) is 3.13. The molecule has 1 aliphatic heterocycles. The third-order valence-corrected chi connectivity index (χ3v) is 3.83. The molecule has 0 aliphatic carbocycles. The summed E-state index contributed by atoms with van der Waals surface area (Å²) in [5, 5.41) is 2.43. The molecule has 0 bridgehead atoms. The van der Waals surface area contributed by atoms with Crippen LogP contribution in [-0.2, 0) is 20.7 Å². The van der Waals surface area contributed by atoms with E-state index in [1.807, 2.05) is 12.1 Å². The van der Waals surface area contributed by atoms with Gasteiger partial charge >= 0.3 is 12.3 Å². The molecule has 1 amide bonds. The van der Waals surface area contributed by atoms with E-state index in [1.54, 1.807) is 19.2 Å². The zero-order valence-electron chi connectivity index (χ0n) is 14.9. The largest absolute Gasteiger partial charge is 0.586 e. The summed E-state index contributed by atoms with van der Waals surface area (Å²) in [5.74, 6) is -0.748. The van der Waals surface area contributed by atoms with E-state index in [0.29, 0.717) is 6.42 Å². The number of anilines is 1. The molecule has 1 heterocycles. The summed E-state index contributed by atoms with van der Waals surface area (Å²) < 4.78 is 44.5. The maximum Gasteiger partial charge on any atom is 0.586 e. The van der Waals surface area contributed by atoms with E-state index in [-0.39, 0.29) is 23.6 Å². The second-order valence-corrected chi connectivity index (χ2v) is 5.89. The molecule has 1 aliphatic rings. The van der Waals surface area contributed by atoms with Gasteiger partial charge in [-0.05, 0) is 36.2 Å². The highest BCUT2D eigenvalue weighted by Crippen LogP contribution is 2.42. The number of amides is 1. The Morgan fingerprint density at radius 1 is 1.07 bits per heavy atom. The van der Waals surface area contributed by atoms with Gasteiger partial charge in [-0.25, -0.2) is 0 Å². The highest BCUT2D eigenvalue weighted by molar-refractivity contribution is 5.93. The second-order valence-electron chi connectivity index (χ2n) is 5.89. The number of esters is 1. The molecule has 2 aromatic rings. The fourth-order valence-corrected chi connectivity index (χ4v) is 2.48. The van der Waals surface area contributed by atoms with Crippen LogP contribution in [0, 0.1) is 0 Å². The minimum atomic E-state index is -3.73. The van der Waals surface area contributed by atoms with Crippen LogP contribution < -0.4 is 19.5 Å². The number of nitrogens with one attached hydrogen (secondary N) is 1. The molecule has 0 spiro atoms. The topological polar surface area (TPSA) is 83.1 Å². The van der Waals surface area contributed by atoms with Crippen molar-refractivity contribution in [2.75, 3.05) is 19.0 Å². The zero-order chi connectivity index (χ0) is 20.1. The second kappa shape index (κ2) is 8.12. The van der Waals surface area contributed by atoms with Gasteiger partial charge in [0.2, 0.25) is 0 Å². The molecule has 3 rings (SSSR count). The average molecular weight is 393 g/mol. The lowest BCUT2D eigenvalue weighted by Gasteiger charge is -2.07. The lowest BCUT2D eigenvalue weighted by atomic mass is 10.1. The number of ether oxygens (including phenoxy) is 4. The van der Waals surface area contributed by atoms with E-state index >= 15 is 0 Å². The number of methoxy groups -OCH3 is 1. The molecule has 0 saturated heterocycles. The standard InChI is InChI=1S/C19H17F2NO6/c1-25-14-6-2-12(3-7-14)4-9-18(24)26-11-17(23)22-13-5-8-15-16(10-13)28-19(20,21)27-15/h2-3,5-8,10H,4,9,11H2,1H3,(H,22,23). The van der Waals surface area contributed by atoms with E-state index in [2.05, 4.69) is 14.8 Å². The molecule has 0 radical (unpaired) electrons. The van der Waals surface area contributed by atoms with Gasteiger partial charge in [-0.1, -0.05) is 12.1 Å². The monoisotopic (exact) mass is 393 g/mol. The zero-order valence-corrected chi connectivity index (χ0v) is 14.9. The summed E-state index contributed by atoms with van der Waals surface area (Å²) in [7, 11) is 1.57. The van der Waals surface area contributed by atoms with E-state index in [1.165, 1.54) is 18.2 Å². The van der Waals surface area contributed by atoms with Crippen molar-refractivity contribution < 1.29 is 37.3 Å². The van der Waals surface area contributed by atoms with Crippen LogP contribution in [0.4, 0.5) is 14.5 Å². The third kappa shape index (κ3) is 5.09. The summed E-state index contributed by atoms with van der Waals surface area (Å²) >= 11 is 0. The van der Waals surface area contributed by atoms with Gasteiger partial charge in [0.05, 0.1) is 7.11 Å². The van der Waals surface area contributed by atoms with Gasteiger partial charge in [0.15, 0.2) is 18.1 Å². The number of halogens is 2. The molecule has 0 unspecified atom stereocenters. The van der Waals surface area contributed by atoms with Crippen LogP contribution in [0.1, 0.15) is 12.0 Å². The number of carbonyl (C=O) groups is 2. The molecule has 0 aromatic heterocycles. The molecule has 28 heavy (non-hydrogen) atoms. The first-order valence-electron chi connectivity index (χ1n) is 8.33. The highest BCUT2D eigenvalue weighted by atomic mass is 19.3. The molecule has 0 saturated carbocycles. The van der Waals surface area contributed by atoms with Crippen LogP contribution in [0.25, 0.3) is 0 Å². The number of rotatable bonds is 7. The van der Waals surface area contributed by atoms with Gasteiger partial charge < -0.3 is 24.3 Å². The van der Waals surface area contributed by atoms with Crippen LogP contribution in [0.15, 0.2) is 42.5 Å². The summed E-state index contributed by atoms with van der Waals surface area (Å²) in [6.45, 7) is -0.494. The Bertz CT molecular complexity index is 869. The minimum absolute atomic E-state index is 0.110. The Balaban J connectivity index is 1.42. The van der Waals surface area contributed by atoms with Crippen LogP contribution in [0.2, 0.25) is 0 Å². The summed E-state index contributed by atoms with van der Waals surface area (Å²) in [4.78, 5) is 23.6. The first-order valence-corrected chi connectivity index (χ1v) is 8.33. The summed E-state index contributed by atoms with van der Waals surface area (Å²) in [6.07, 6.45) is -3.16. The van der Waals surface area contributed by atoms with Crippen molar-refractivity contribution in [2.45, 2.75) is 19.1 Å². The van der Waals surface area contributed by atoms with Crippen molar-refractivity contribution in [3.8, 4) is 17.2 Å². The first-order chi connectivity index (χ1) is 13.3. The lowest BCUT2D eigenvalue weighted by Crippen LogP contribution is -2.25. The Hall–Kier alpha value is -3.36. The first kappa shape index (κ1) is 19.4. The average Bonchev–Trinajstić information content (AvgIpc) is 2.98. The van der Waals surface area contributed by atoms with Crippen molar-refractivity contribution >= 4 is 17.6 Å². The minimum Gasteiger partial charge on any atom is -0.497 e. The number of benzene rings is 2. The molecule has 0 fully saturated rings. The predicted molar refractivity (Wildman–Crippen MR) is 93.5 cm³/mol. The Morgan fingerprint density at radius 2 is 1.79 bits per heavy atom. The van der Waals surface area contributed by atoms with Crippen molar-refractivity contribution in [2.24, 2.45) is 0 Å². The molecule has 148 valence electrons. The number of alkyl halides is 2. The van der Waals surface area contributed by atoms with Gasteiger partial charge in [-0.2, -0.15) is 0 Å². The van der Waals surface area contributed by atoms with E-state index < -0.39 is 24.8 Å². The molecule has 9 heteroatoms. The third-order valence-electron chi connectivity index (χ3n) is 3.83. The fraction of sp³-hybridized carbons (Fsp3) is 0.263. The SMILES string of the molecule is COc1ccc(CCC(=O)OCC(=O)Nc2ccc3c(c2)OC(F)(F)O3)cc1. The van der Waals surface area contributed by atoms with Gasteiger partial charge in [-0.15, -0.1) is 8.78 Å². The van der Waals surface area contributed by atoms with Crippen molar-refractivity contribution in [3.63, 3.8) is 0 Å². The van der Waals surface area contributed by atoms with Crippen LogP contribution in [0.3, 0.4) is 0 Å². The van der Waals surface area contributed by atoms with E-state index in [4.69, 9.17) is 9.47 Å². The van der Waals surface area contributed by atoms with Crippen molar-refractivity contribution in [1.29, 1.82) is 0 Å². The number of hydrogen-bond acceptors (Lipinski definition) is 6. The van der Waals surface area contributed by atoms with Gasteiger partial charge in [0.25, 0.3) is 5.91 Å². The Labute approximate surface area is 159 Å². The van der Waals surface area contributed by atoms with Crippen LogP contribution >= 0.6 is 0 Å². The highest BCUT2D eigenvalue weighted by Gasteiger charge is 2.43. The normalized spacial score (nSPS) is 13.7. The van der Waals surface area contributed by atoms with E-state index in [9.17, 15) is 18.4 Å². The maximum absolute atomic E-state index is 13.0. The molecule has 1 N–H and O–H groups in total. The lowest BCUT2D eigenvalue weighted by molar-refractivity contribution is -0.286. The summed E-state index contributed by atoms with van der Waals surface area (Å²) in [6, 6.07) is 11.0. The maximum atomic E-state index is 13.0. The van der Waals surface area contributed by atoms with Crippen LogP contribution in [-0.4, -0.2) is 31.9 Å². The molecule has 0 atom stereocenters. The van der Waals surface area contributed by atoms with Gasteiger partial charge in [-0.3, -0.25) is 9.59 Å².